The van der Waals surface area contributed by atoms with E-state index in [2.05, 4.69) is 57.2 Å². The van der Waals surface area contributed by atoms with Gasteiger partial charge in [-0.25, -0.2) is 26.0 Å². The Labute approximate surface area is 272 Å². The van der Waals surface area contributed by atoms with Crippen LogP contribution in [0.3, 0.4) is 0 Å². The minimum absolute atomic E-state index is 0.140. The molecule has 14 nitrogen and oxygen atoms in total. The maximum atomic E-state index is 12.9. The number of benzene rings is 1. The standard InChI is InChI=1S/C31H45N8O6P/c1-10-25(18-44-46(43-17-16-32-6)39(22(2)3)23(4)5)45-26(19-42-30(40)24-14-12-11-13-15-24)38-21-33-27-28(38)35-31(34-20-37(7)8)36-29(27)41-9/h11-15,20-23,25-26H,10,16-19H2,1-5,7-9H3/t25-,26-,46?/m1/s1. The summed E-state index contributed by atoms with van der Waals surface area (Å²) < 4.78 is 34.1. The molecule has 250 valence electrons. The molecule has 2 aromatic heterocycles. The number of aliphatic imine (C=N–C) groups is 1. The van der Waals surface area contributed by atoms with Crippen LogP contribution >= 0.6 is 8.53 Å². The van der Waals surface area contributed by atoms with Crippen molar-refractivity contribution in [3.8, 4) is 5.88 Å². The first-order valence-corrected chi connectivity index (χ1v) is 16.3. The van der Waals surface area contributed by atoms with Gasteiger partial charge in [-0.15, -0.1) is 0 Å². The van der Waals surface area contributed by atoms with Gasteiger partial charge in [-0.1, -0.05) is 25.1 Å². The molecule has 3 aromatic rings. The summed E-state index contributed by atoms with van der Waals surface area (Å²) in [5.41, 5.74) is 1.21. The number of esters is 1. The van der Waals surface area contributed by atoms with E-state index in [-0.39, 0.29) is 50.3 Å². The predicted octanol–water partition coefficient (Wildman–Crippen LogP) is 5.51. The molecular formula is C31H45N8O6P. The number of fused-ring (bicyclic) bond motifs is 1. The van der Waals surface area contributed by atoms with Gasteiger partial charge >= 0.3 is 5.97 Å². The van der Waals surface area contributed by atoms with E-state index in [4.69, 9.17) is 29.8 Å². The fraction of sp³-hybridized carbons (Fsp3) is 0.548. The summed E-state index contributed by atoms with van der Waals surface area (Å²) >= 11 is 0. The summed E-state index contributed by atoms with van der Waals surface area (Å²) in [4.78, 5) is 35.9. The molecule has 46 heavy (non-hydrogen) atoms. The lowest BCUT2D eigenvalue weighted by molar-refractivity contribution is -0.0967. The first-order chi connectivity index (χ1) is 22.1. The molecule has 0 bridgehead atoms. The zero-order chi connectivity index (χ0) is 33.6. The minimum Gasteiger partial charge on any atom is -0.479 e. The Bertz CT molecular complexity index is 1440. The summed E-state index contributed by atoms with van der Waals surface area (Å²) in [7, 11) is 3.70. The van der Waals surface area contributed by atoms with Crippen LogP contribution in [-0.2, 0) is 18.5 Å². The lowest BCUT2D eigenvalue weighted by atomic mass is 10.2. The van der Waals surface area contributed by atoms with E-state index < -0.39 is 26.8 Å². The van der Waals surface area contributed by atoms with Crippen LogP contribution in [0.1, 0.15) is 57.6 Å². The Morgan fingerprint density at radius 3 is 2.43 bits per heavy atom. The molecule has 0 aliphatic carbocycles. The summed E-state index contributed by atoms with van der Waals surface area (Å²) in [5, 5.41) is 0. The zero-order valence-electron chi connectivity index (χ0n) is 27.9. The monoisotopic (exact) mass is 656 g/mol. The molecule has 0 saturated heterocycles. The van der Waals surface area contributed by atoms with Crippen LogP contribution in [0, 0.1) is 6.57 Å². The fourth-order valence-electron chi connectivity index (χ4n) is 4.38. The van der Waals surface area contributed by atoms with Crippen LogP contribution in [0.15, 0.2) is 41.7 Å². The first kappa shape index (κ1) is 36.7. The normalized spacial score (nSPS) is 13.8. The van der Waals surface area contributed by atoms with E-state index in [0.717, 1.165) is 0 Å². The van der Waals surface area contributed by atoms with Crippen molar-refractivity contribution in [1.82, 2.24) is 29.1 Å². The van der Waals surface area contributed by atoms with Crippen molar-refractivity contribution in [2.24, 2.45) is 4.99 Å². The molecule has 0 amide bonds. The van der Waals surface area contributed by atoms with Crippen molar-refractivity contribution in [3.05, 3.63) is 53.6 Å². The van der Waals surface area contributed by atoms with E-state index in [9.17, 15) is 4.79 Å². The van der Waals surface area contributed by atoms with E-state index in [1.54, 1.807) is 46.4 Å². The second-order valence-corrected chi connectivity index (χ2v) is 12.4. The van der Waals surface area contributed by atoms with Crippen molar-refractivity contribution in [3.63, 3.8) is 0 Å². The second-order valence-electron chi connectivity index (χ2n) is 11.0. The van der Waals surface area contributed by atoms with Crippen molar-refractivity contribution in [2.75, 3.05) is 47.6 Å². The number of hydrogen-bond acceptors (Lipinski definition) is 11. The van der Waals surface area contributed by atoms with E-state index in [1.165, 1.54) is 7.11 Å². The summed E-state index contributed by atoms with van der Waals surface area (Å²) in [6, 6.07) is 9.05. The van der Waals surface area contributed by atoms with E-state index >= 15 is 0 Å². The van der Waals surface area contributed by atoms with Crippen LogP contribution < -0.4 is 4.74 Å². The number of imidazole rings is 1. The number of rotatable bonds is 19. The first-order valence-electron chi connectivity index (χ1n) is 15.1. The highest BCUT2D eigenvalue weighted by atomic mass is 31.2. The molecule has 0 aliphatic rings. The molecule has 15 heteroatoms. The number of hydrogen-bond donors (Lipinski definition) is 0. The highest BCUT2D eigenvalue weighted by molar-refractivity contribution is 7.44. The molecule has 0 spiro atoms. The molecule has 0 radical (unpaired) electrons. The Morgan fingerprint density at radius 2 is 1.83 bits per heavy atom. The number of nitrogens with zero attached hydrogens (tertiary/aromatic N) is 8. The molecule has 1 aromatic carbocycles. The summed E-state index contributed by atoms with van der Waals surface area (Å²) in [6.07, 6.45) is 2.45. The molecule has 0 fully saturated rings. The third-order valence-corrected chi connectivity index (χ3v) is 8.55. The van der Waals surface area contributed by atoms with Crippen molar-refractivity contribution in [1.29, 1.82) is 0 Å². The third kappa shape index (κ3) is 10.4. The van der Waals surface area contributed by atoms with Gasteiger partial charge in [0.05, 0.1) is 38.0 Å². The average Bonchev–Trinajstić information content (AvgIpc) is 3.46. The van der Waals surface area contributed by atoms with Gasteiger partial charge in [0, 0.05) is 26.2 Å². The maximum absolute atomic E-state index is 12.9. The quantitative estimate of drug-likeness (QED) is 0.0405. The number of aromatic nitrogens is 4. The zero-order valence-corrected chi connectivity index (χ0v) is 28.8. The highest BCUT2D eigenvalue weighted by Crippen LogP contribution is 2.46. The molecule has 0 aliphatic heterocycles. The molecule has 0 N–H and O–H groups in total. The predicted molar refractivity (Wildman–Crippen MR) is 177 cm³/mol. The SMILES string of the molecule is [C-]#[N+]CCOP(OC[C@@H](CC)O[C@H](COC(=O)c1ccccc1)n1cnc2c(OC)nc(N=CN(C)C)nc21)N(C(C)C)C(C)C. The van der Waals surface area contributed by atoms with E-state index in [1.807, 2.05) is 27.1 Å². The van der Waals surface area contributed by atoms with Gasteiger partial charge in [-0.3, -0.25) is 4.57 Å². The van der Waals surface area contributed by atoms with Crippen LogP contribution in [0.25, 0.3) is 16.0 Å². The van der Waals surface area contributed by atoms with Gasteiger partial charge in [-0.05, 0) is 46.2 Å². The van der Waals surface area contributed by atoms with E-state index in [0.29, 0.717) is 23.1 Å². The lowest BCUT2D eigenvalue weighted by Gasteiger charge is -2.36. The van der Waals surface area contributed by atoms with Gasteiger partial charge in [-0.2, -0.15) is 9.97 Å². The minimum atomic E-state index is -1.47. The topological polar surface area (TPSA) is 130 Å². The molecule has 1 unspecified atom stereocenters. The van der Waals surface area contributed by atoms with Crippen molar-refractivity contribution >= 4 is 37.9 Å². The van der Waals surface area contributed by atoms with Crippen LogP contribution in [0.4, 0.5) is 5.95 Å². The van der Waals surface area contributed by atoms with Gasteiger partial charge in [0.25, 0.3) is 14.5 Å². The molecule has 2 heterocycles. The maximum Gasteiger partial charge on any atom is 0.338 e. The Balaban J connectivity index is 1.94. The number of carbonyl (C=O) groups excluding carboxylic acids is 1. The summed E-state index contributed by atoms with van der Waals surface area (Å²) in [6.45, 7) is 18.0. The van der Waals surface area contributed by atoms with Crippen molar-refractivity contribution in [2.45, 2.75) is 65.5 Å². The van der Waals surface area contributed by atoms with Gasteiger partial charge < -0.3 is 33.0 Å². The largest absolute Gasteiger partial charge is 0.479 e. The average molecular weight is 657 g/mol. The second kappa shape index (κ2) is 18.4. The highest BCUT2D eigenvalue weighted by Gasteiger charge is 2.30. The number of methoxy groups -OCH3 is 1. The Kier molecular flexibility index (Phi) is 14.7. The van der Waals surface area contributed by atoms with Gasteiger partial charge in [0.15, 0.2) is 17.4 Å². The third-order valence-electron chi connectivity index (χ3n) is 6.48. The molecule has 0 saturated carbocycles. The van der Waals surface area contributed by atoms with Crippen LogP contribution in [0.5, 0.6) is 5.88 Å². The van der Waals surface area contributed by atoms with Gasteiger partial charge in [0.1, 0.15) is 13.2 Å². The lowest BCUT2D eigenvalue weighted by Crippen LogP contribution is -2.35. The molecular weight excluding hydrogens is 611 g/mol. The molecule has 3 rings (SSSR count). The van der Waals surface area contributed by atoms with Gasteiger partial charge in [0.2, 0.25) is 12.4 Å². The summed E-state index contributed by atoms with van der Waals surface area (Å²) in [5.74, 6) is -0.0813. The Morgan fingerprint density at radius 1 is 1.11 bits per heavy atom. The van der Waals surface area contributed by atoms with Crippen molar-refractivity contribution < 1.29 is 28.1 Å². The smallest absolute Gasteiger partial charge is 0.338 e. The number of ether oxygens (including phenoxy) is 3. The van der Waals surface area contributed by atoms with Crippen LogP contribution in [-0.4, -0.2) is 107 Å². The Hall–Kier alpha value is -3.73. The van der Waals surface area contributed by atoms with Crippen LogP contribution in [0.2, 0.25) is 0 Å². The number of carbonyl (C=O) groups is 1. The molecule has 3 atom stereocenters. The fourth-order valence-corrected chi connectivity index (χ4v) is 6.01.